The van der Waals surface area contributed by atoms with Crippen LogP contribution in [-0.4, -0.2) is 70.0 Å². The SMILES string of the molecule is CCCCCC/C=C/CCCCCCCCCC(=O)O[C@H](COC(=O)CCCCCCCCCCCCCCCCCCCC)COP(=O)([O-])OCC[N+](C)(C)C. The monoisotopic (exact) mass is 830 g/mol. The van der Waals surface area contributed by atoms with Crippen LogP contribution in [0.15, 0.2) is 12.2 Å². The van der Waals surface area contributed by atoms with E-state index in [0.29, 0.717) is 17.4 Å². The van der Waals surface area contributed by atoms with Crippen molar-refractivity contribution in [3.8, 4) is 0 Å². The molecule has 2 atom stereocenters. The third kappa shape index (κ3) is 44.1. The van der Waals surface area contributed by atoms with Gasteiger partial charge in [0.1, 0.15) is 19.8 Å². The van der Waals surface area contributed by atoms with E-state index in [4.69, 9.17) is 18.5 Å². The van der Waals surface area contributed by atoms with Crippen molar-refractivity contribution in [2.75, 3.05) is 47.5 Å². The van der Waals surface area contributed by atoms with Crippen molar-refractivity contribution in [3.63, 3.8) is 0 Å². The number of quaternary nitrogens is 1. The molecule has 9 nitrogen and oxygen atoms in total. The highest BCUT2D eigenvalue weighted by Crippen LogP contribution is 2.38. The molecule has 0 fully saturated rings. The van der Waals surface area contributed by atoms with Gasteiger partial charge in [0.2, 0.25) is 0 Å². The van der Waals surface area contributed by atoms with Crippen LogP contribution < -0.4 is 4.89 Å². The molecule has 0 saturated heterocycles. The summed E-state index contributed by atoms with van der Waals surface area (Å²) in [5, 5.41) is 0. The Hall–Kier alpha value is -1.25. The first-order valence-corrected chi connectivity index (χ1v) is 25.4. The van der Waals surface area contributed by atoms with E-state index in [1.807, 2.05) is 21.1 Å². The van der Waals surface area contributed by atoms with E-state index in [2.05, 4.69) is 26.0 Å². The van der Waals surface area contributed by atoms with Crippen LogP contribution in [0.3, 0.4) is 0 Å². The first-order valence-electron chi connectivity index (χ1n) is 23.9. The second-order valence-electron chi connectivity index (χ2n) is 17.5. The molecule has 0 bridgehead atoms. The maximum absolute atomic E-state index is 12.7. The molecule has 0 heterocycles. The summed E-state index contributed by atoms with van der Waals surface area (Å²) in [4.78, 5) is 37.6. The average molecular weight is 830 g/mol. The van der Waals surface area contributed by atoms with Crippen molar-refractivity contribution < 1.29 is 42.1 Å². The summed E-state index contributed by atoms with van der Waals surface area (Å²) >= 11 is 0. The Bertz CT molecular complexity index is 985. The van der Waals surface area contributed by atoms with Gasteiger partial charge in [-0.15, -0.1) is 0 Å². The number of allylic oxidation sites excluding steroid dienone is 2. The summed E-state index contributed by atoms with van der Waals surface area (Å²) < 4.78 is 34.0. The first-order chi connectivity index (χ1) is 27.5. The molecule has 0 aromatic rings. The number of rotatable bonds is 44. The van der Waals surface area contributed by atoms with Gasteiger partial charge in [-0.1, -0.05) is 187 Å². The van der Waals surface area contributed by atoms with Crippen molar-refractivity contribution in [1.29, 1.82) is 0 Å². The molecule has 0 aromatic heterocycles. The molecule has 0 aliphatic heterocycles. The summed E-state index contributed by atoms with van der Waals surface area (Å²) in [7, 11) is 1.17. The molecule has 0 spiro atoms. The van der Waals surface area contributed by atoms with Crippen LogP contribution in [0.2, 0.25) is 0 Å². The molecular formula is C47H92NO8P. The normalized spacial score (nSPS) is 13.6. The average Bonchev–Trinajstić information content (AvgIpc) is 3.16. The fourth-order valence-electron chi connectivity index (χ4n) is 6.77. The van der Waals surface area contributed by atoms with Crippen LogP contribution >= 0.6 is 7.82 Å². The van der Waals surface area contributed by atoms with Crippen molar-refractivity contribution in [3.05, 3.63) is 12.2 Å². The minimum Gasteiger partial charge on any atom is -0.756 e. The second-order valence-corrected chi connectivity index (χ2v) is 18.9. The Morgan fingerprint density at radius 1 is 0.526 bits per heavy atom. The Morgan fingerprint density at radius 3 is 1.32 bits per heavy atom. The summed E-state index contributed by atoms with van der Waals surface area (Å²) in [6, 6.07) is 0. The van der Waals surface area contributed by atoms with Crippen LogP contribution in [0.1, 0.15) is 226 Å². The van der Waals surface area contributed by atoms with Crippen LogP contribution in [-0.2, 0) is 32.7 Å². The van der Waals surface area contributed by atoms with Crippen LogP contribution in [0, 0.1) is 0 Å². The summed E-state index contributed by atoms with van der Waals surface area (Å²) in [6.45, 7) is 4.25. The number of likely N-dealkylation sites (N-methyl/N-ethyl adjacent to an activating group) is 1. The van der Waals surface area contributed by atoms with E-state index in [9.17, 15) is 19.0 Å². The van der Waals surface area contributed by atoms with E-state index in [-0.39, 0.29) is 32.0 Å². The third-order valence-corrected chi connectivity index (χ3v) is 11.5. The number of hydrogen-bond donors (Lipinski definition) is 0. The highest BCUT2D eigenvalue weighted by atomic mass is 31.2. The lowest BCUT2D eigenvalue weighted by Crippen LogP contribution is -2.37. The highest BCUT2D eigenvalue weighted by Gasteiger charge is 2.21. The number of esters is 2. The Morgan fingerprint density at radius 2 is 0.895 bits per heavy atom. The summed E-state index contributed by atoms with van der Waals surface area (Å²) in [6.07, 6.45) is 42.3. The smallest absolute Gasteiger partial charge is 0.306 e. The summed E-state index contributed by atoms with van der Waals surface area (Å²) in [5.41, 5.74) is 0. The fraction of sp³-hybridized carbons (Fsp3) is 0.915. The van der Waals surface area contributed by atoms with Gasteiger partial charge in [-0.05, 0) is 38.5 Å². The predicted molar refractivity (Wildman–Crippen MR) is 236 cm³/mol. The van der Waals surface area contributed by atoms with E-state index in [1.165, 1.54) is 148 Å². The molecule has 57 heavy (non-hydrogen) atoms. The molecule has 0 saturated carbocycles. The van der Waals surface area contributed by atoms with E-state index < -0.39 is 26.5 Å². The van der Waals surface area contributed by atoms with E-state index in [1.54, 1.807) is 0 Å². The largest absolute Gasteiger partial charge is 0.756 e. The molecule has 0 N–H and O–H groups in total. The Labute approximate surface area is 352 Å². The predicted octanol–water partition coefficient (Wildman–Crippen LogP) is 13.1. The number of unbranched alkanes of at least 4 members (excludes halogenated alkanes) is 28. The zero-order valence-electron chi connectivity index (χ0n) is 38.1. The number of ether oxygens (including phenoxy) is 2. The highest BCUT2D eigenvalue weighted by molar-refractivity contribution is 7.45. The van der Waals surface area contributed by atoms with Crippen molar-refractivity contribution in [1.82, 2.24) is 0 Å². The maximum atomic E-state index is 12.7. The van der Waals surface area contributed by atoms with Crippen LogP contribution in [0.5, 0.6) is 0 Å². The van der Waals surface area contributed by atoms with Crippen molar-refractivity contribution >= 4 is 19.8 Å². The van der Waals surface area contributed by atoms with E-state index in [0.717, 1.165) is 44.9 Å². The van der Waals surface area contributed by atoms with Crippen molar-refractivity contribution in [2.24, 2.45) is 0 Å². The number of phosphoric ester groups is 1. The molecule has 0 rings (SSSR count). The summed E-state index contributed by atoms with van der Waals surface area (Å²) in [5.74, 6) is -0.827. The number of hydrogen-bond acceptors (Lipinski definition) is 8. The van der Waals surface area contributed by atoms with Gasteiger partial charge in [-0.25, -0.2) is 0 Å². The molecular weight excluding hydrogens is 737 g/mol. The zero-order chi connectivity index (χ0) is 42.1. The van der Waals surface area contributed by atoms with Gasteiger partial charge < -0.3 is 27.9 Å². The van der Waals surface area contributed by atoms with Crippen LogP contribution in [0.4, 0.5) is 0 Å². The standard InChI is InChI=1S/C47H92NO8P/c1-6-8-10-12-14-16-18-20-22-23-24-26-27-29-31-33-35-37-39-46(49)53-43-45(44-55-57(51,52)54-42-41-48(3,4)5)56-47(50)40-38-36-34-32-30-28-25-21-19-17-15-13-11-9-7-2/h17,19,45H,6-16,18,20-44H2,1-5H3/b19-17+/t45-/m1/s1. The van der Waals surface area contributed by atoms with Crippen LogP contribution in [0.25, 0.3) is 0 Å². The number of carbonyl (C=O) groups is 2. The fourth-order valence-corrected chi connectivity index (χ4v) is 7.50. The van der Waals surface area contributed by atoms with Gasteiger partial charge in [0.25, 0.3) is 7.82 Å². The number of phosphoric acid groups is 1. The maximum Gasteiger partial charge on any atom is 0.306 e. The minimum absolute atomic E-state index is 0.0284. The molecule has 0 amide bonds. The lowest BCUT2D eigenvalue weighted by molar-refractivity contribution is -0.870. The molecule has 0 radical (unpaired) electrons. The van der Waals surface area contributed by atoms with Gasteiger partial charge >= 0.3 is 11.9 Å². The van der Waals surface area contributed by atoms with E-state index >= 15 is 0 Å². The van der Waals surface area contributed by atoms with Gasteiger partial charge in [-0.3, -0.25) is 14.2 Å². The van der Waals surface area contributed by atoms with Gasteiger partial charge in [-0.2, -0.15) is 0 Å². The molecule has 1 unspecified atom stereocenters. The molecule has 0 aromatic carbocycles. The lowest BCUT2D eigenvalue weighted by atomic mass is 10.0. The second kappa shape index (κ2) is 40.2. The lowest BCUT2D eigenvalue weighted by Gasteiger charge is -2.28. The molecule has 10 heteroatoms. The number of nitrogens with zero attached hydrogens (tertiary/aromatic N) is 1. The van der Waals surface area contributed by atoms with Crippen molar-refractivity contribution in [2.45, 2.75) is 232 Å². The molecule has 0 aliphatic carbocycles. The molecule has 0 aliphatic rings. The first kappa shape index (κ1) is 55.8. The zero-order valence-corrected chi connectivity index (χ0v) is 38.9. The Kier molecular flexibility index (Phi) is 39.3. The van der Waals surface area contributed by atoms with Gasteiger partial charge in [0.15, 0.2) is 6.10 Å². The third-order valence-electron chi connectivity index (χ3n) is 10.5. The Balaban J connectivity index is 4.26. The topological polar surface area (TPSA) is 111 Å². The van der Waals surface area contributed by atoms with Gasteiger partial charge in [0.05, 0.1) is 27.7 Å². The molecule has 338 valence electrons. The quantitative estimate of drug-likeness (QED) is 0.0196. The minimum atomic E-state index is -4.62. The van der Waals surface area contributed by atoms with Gasteiger partial charge in [0, 0.05) is 12.8 Å². The number of carbonyl (C=O) groups excluding carboxylic acids is 2.